The van der Waals surface area contributed by atoms with Gasteiger partial charge >= 0.3 is 0 Å². The molecular formula is C20H26FN3O. The standard InChI is InChI=1S/C20H26FN3O/c21-16-3-5-18(6-4-16)24-13-11-23(12-14-24)10-7-17-15-20(19(25)22-17)8-1-2-9-20/h1-6,17H,7-15H2,(H,22,25). The fraction of sp³-hybridized carbons (Fsp3) is 0.550. The van der Waals surface area contributed by atoms with Crippen LogP contribution in [0, 0.1) is 11.2 Å². The number of hydrogen-bond acceptors (Lipinski definition) is 3. The first kappa shape index (κ1) is 16.6. The summed E-state index contributed by atoms with van der Waals surface area (Å²) in [5.41, 5.74) is 0.964. The molecule has 1 amide bonds. The SMILES string of the molecule is O=C1NC(CCN2CCN(c3ccc(F)cc3)CC2)CC12CC=CC2. The zero-order valence-electron chi connectivity index (χ0n) is 14.6. The number of amides is 1. The molecule has 0 radical (unpaired) electrons. The van der Waals surface area contributed by atoms with Gasteiger partial charge in [0.15, 0.2) is 0 Å². The summed E-state index contributed by atoms with van der Waals surface area (Å²) in [5, 5.41) is 3.21. The highest BCUT2D eigenvalue weighted by Gasteiger charge is 2.46. The van der Waals surface area contributed by atoms with Gasteiger partial charge in [0.05, 0.1) is 5.41 Å². The van der Waals surface area contributed by atoms with E-state index in [2.05, 4.69) is 27.3 Å². The van der Waals surface area contributed by atoms with Gasteiger partial charge in [0, 0.05) is 44.5 Å². The van der Waals surface area contributed by atoms with Gasteiger partial charge in [-0.15, -0.1) is 0 Å². The third-order valence-electron chi connectivity index (χ3n) is 6.00. The topological polar surface area (TPSA) is 35.6 Å². The summed E-state index contributed by atoms with van der Waals surface area (Å²) in [6, 6.07) is 7.08. The van der Waals surface area contributed by atoms with Gasteiger partial charge in [-0.25, -0.2) is 4.39 Å². The Labute approximate surface area is 148 Å². The maximum atomic E-state index is 13.0. The molecule has 2 aliphatic heterocycles. The van der Waals surface area contributed by atoms with E-state index in [4.69, 9.17) is 0 Å². The number of carbonyl (C=O) groups excluding carboxylic acids is 1. The smallest absolute Gasteiger partial charge is 0.227 e. The number of nitrogens with zero attached hydrogens (tertiary/aromatic N) is 2. The summed E-state index contributed by atoms with van der Waals surface area (Å²) >= 11 is 0. The molecule has 1 atom stereocenters. The second-order valence-electron chi connectivity index (χ2n) is 7.63. The van der Waals surface area contributed by atoms with E-state index >= 15 is 0 Å². The summed E-state index contributed by atoms with van der Waals surface area (Å²) in [6.45, 7) is 5.01. The van der Waals surface area contributed by atoms with Gasteiger partial charge in [0.25, 0.3) is 0 Å². The third-order valence-corrected chi connectivity index (χ3v) is 6.00. The summed E-state index contributed by atoms with van der Waals surface area (Å²) < 4.78 is 13.0. The molecule has 0 saturated carbocycles. The van der Waals surface area contributed by atoms with Crippen LogP contribution >= 0.6 is 0 Å². The summed E-state index contributed by atoms with van der Waals surface area (Å²) in [4.78, 5) is 17.1. The molecule has 1 spiro atoms. The zero-order valence-corrected chi connectivity index (χ0v) is 14.6. The highest BCUT2D eigenvalue weighted by atomic mass is 19.1. The second-order valence-corrected chi connectivity index (χ2v) is 7.63. The van der Waals surface area contributed by atoms with Gasteiger partial charge in [-0.2, -0.15) is 0 Å². The summed E-state index contributed by atoms with van der Waals surface area (Å²) in [5.74, 6) is 0.0693. The monoisotopic (exact) mass is 343 g/mol. The number of halogens is 1. The third kappa shape index (κ3) is 3.43. The number of piperazine rings is 1. The van der Waals surface area contributed by atoms with Crippen molar-refractivity contribution in [3.8, 4) is 0 Å². The Morgan fingerprint density at radius 1 is 1.08 bits per heavy atom. The normalized spacial score (nSPS) is 25.7. The second kappa shape index (κ2) is 6.79. The van der Waals surface area contributed by atoms with Crippen molar-refractivity contribution in [2.45, 2.75) is 31.7 Å². The lowest BCUT2D eigenvalue weighted by atomic mass is 9.82. The highest BCUT2D eigenvalue weighted by Crippen LogP contribution is 2.42. The molecule has 4 nitrogen and oxygen atoms in total. The number of rotatable bonds is 4. The van der Waals surface area contributed by atoms with Crippen molar-refractivity contribution in [2.24, 2.45) is 5.41 Å². The van der Waals surface area contributed by atoms with Crippen molar-refractivity contribution in [2.75, 3.05) is 37.6 Å². The van der Waals surface area contributed by atoms with Crippen LogP contribution < -0.4 is 10.2 Å². The number of hydrogen-bond donors (Lipinski definition) is 1. The fourth-order valence-corrected chi connectivity index (χ4v) is 4.40. The van der Waals surface area contributed by atoms with Crippen molar-refractivity contribution in [3.05, 3.63) is 42.2 Å². The molecule has 2 heterocycles. The number of anilines is 1. The minimum absolute atomic E-state index is 0.133. The lowest BCUT2D eigenvalue weighted by molar-refractivity contribution is -0.127. The average Bonchev–Trinajstić information content (AvgIpc) is 3.22. The van der Waals surface area contributed by atoms with E-state index in [0.717, 1.165) is 64.1 Å². The Bertz CT molecular complexity index is 641. The van der Waals surface area contributed by atoms with Gasteiger partial charge in [0.2, 0.25) is 5.91 Å². The van der Waals surface area contributed by atoms with Crippen LogP contribution in [0.25, 0.3) is 0 Å². The number of allylic oxidation sites excluding steroid dienone is 2. The van der Waals surface area contributed by atoms with E-state index in [9.17, 15) is 9.18 Å². The first-order chi connectivity index (χ1) is 12.1. The molecule has 3 aliphatic rings. The van der Waals surface area contributed by atoms with Crippen LogP contribution in [0.1, 0.15) is 25.7 Å². The Balaban J connectivity index is 1.23. The van der Waals surface area contributed by atoms with Crippen LogP contribution in [0.2, 0.25) is 0 Å². The molecule has 5 heteroatoms. The lowest BCUT2D eigenvalue weighted by Gasteiger charge is -2.36. The van der Waals surface area contributed by atoms with Crippen LogP contribution in [0.5, 0.6) is 0 Å². The predicted molar refractivity (Wildman–Crippen MR) is 97.0 cm³/mol. The van der Waals surface area contributed by atoms with Crippen LogP contribution in [-0.4, -0.2) is 49.6 Å². The van der Waals surface area contributed by atoms with E-state index in [1.165, 1.54) is 12.1 Å². The molecule has 1 unspecified atom stereocenters. The molecule has 0 bridgehead atoms. The van der Waals surface area contributed by atoms with Crippen molar-refractivity contribution in [1.82, 2.24) is 10.2 Å². The van der Waals surface area contributed by atoms with Crippen LogP contribution in [-0.2, 0) is 4.79 Å². The predicted octanol–water partition coefficient (Wildman–Crippen LogP) is 2.56. The maximum Gasteiger partial charge on any atom is 0.227 e. The molecule has 1 N–H and O–H groups in total. The lowest BCUT2D eigenvalue weighted by Crippen LogP contribution is -2.47. The Morgan fingerprint density at radius 3 is 2.44 bits per heavy atom. The summed E-state index contributed by atoms with van der Waals surface area (Å²) in [7, 11) is 0. The van der Waals surface area contributed by atoms with E-state index in [1.54, 1.807) is 0 Å². The highest BCUT2D eigenvalue weighted by molar-refractivity contribution is 5.86. The van der Waals surface area contributed by atoms with Crippen LogP contribution in [0.4, 0.5) is 10.1 Å². The average molecular weight is 343 g/mol. The molecular weight excluding hydrogens is 317 g/mol. The van der Waals surface area contributed by atoms with E-state index in [1.807, 2.05) is 12.1 Å². The van der Waals surface area contributed by atoms with Crippen LogP contribution in [0.15, 0.2) is 36.4 Å². The molecule has 1 aromatic rings. The van der Waals surface area contributed by atoms with Crippen molar-refractivity contribution in [3.63, 3.8) is 0 Å². The first-order valence-electron chi connectivity index (χ1n) is 9.33. The molecule has 134 valence electrons. The molecule has 2 fully saturated rings. The van der Waals surface area contributed by atoms with Crippen molar-refractivity contribution < 1.29 is 9.18 Å². The Kier molecular flexibility index (Phi) is 4.50. The van der Waals surface area contributed by atoms with Crippen molar-refractivity contribution in [1.29, 1.82) is 0 Å². The van der Waals surface area contributed by atoms with Gasteiger partial charge in [-0.1, -0.05) is 12.2 Å². The van der Waals surface area contributed by atoms with Gasteiger partial charge < -0.3 is 10.2 Å². The van der Waals surface area contributed by atoms with Gasteiger partial charge in [-0.05, 0) is 49.9 Å². The van der Waals surface area contributed by atoms with Gasteiger partial charge in [0.1, 0.15) is 5.82 Å². The quantitative estimate of drug-likeness (QED) is 0.854. The molecule has 25 heavy (non-hydrogen) atoms. The van der Waals surface area contributed by atoms with E-state index < -0.39 is 0 Å². The van der Waals surface area contributed by atoms with Gasteiger partial charge in [-0.3, -0.25) is 9.69 Å². The minimum atomic E-state index is -0.184. The molecule has 1 aromatic carbocycles. The van der Waals surface area contributed by atoms with E-state index in [0.29, 0.717) is 6.04 Å². The van der Waals surface area contributed by atoms with E-state index in [-0.39, 0.29) is 17.1 Å². The number of nitrogens with one attached hydrogen (secondary N) is 1. The van der Waals surface area contributed by atoms with Crippen LogP contribution in [0.3, 0.4) is 0 Å². The Morgan fingerprint density at radius 2 is 1.76 bits per heavy atom. The molecule has 0 aromatic heterocycles. The molecule has 1 aliphatic carbocycles. The maximum absolute atomic E-state index is 13.0. The first-order valence-corrected chi connectivity index (χ1v) is 9.33. The zero-order chi connectivity index (χ0) is 17.3. The molecule has 2 saturated heterocycles. The largest absolute Gasteiger partial charge is 0.369 e. The number of benzene rings is 1. The minimum Gasteiger partial charge on any atom is -0.369 e. The Hall–Kier alpha value is -1.88. The summed E-state index contributed by atoms with van der Waals surface area (Å²) in [6.07, 6.45) is 8.13. The van der Waals surface area contributed by atoms with Crippen molar-refractivity contribution >= 4 is 11.6 Å². The molecule has 4 rings (SSSR count). The number of carbonyl (C=O) groups is 1. The fourth-order valence-electron chi connectivity index (χ4n) is 4.40.